The van der Waals surface area contributed by atoms with Crippen LogP contribution in [0.3, 0.4) is 0 Å². The predicted octanol–water partition coefficient (Wildman–Crippen LogP) is 2.31. The average molecular weight is 501 g/mol. The summed E-state index contributed by atoms with van der Waals surface area (Å²) in [5.41, 5.74) is 0.0913. The summed E-state index contributed by atoms with van der Waals surface area (Å²) in [6, 6.07) is 5.51. The molecule has 2 aliphatic carbocycles. The third kappa shape index (κ3) is 2.89. The molecule has 4 rings (SSSR count). The Bertz CT molecular complexity index is 831. The summed E-state index contributed by atoms with van der Waals surface area (Å²) in [6.45, 7) is -0.382. The van der Waals surface area contributed by atoms with Gasteiger partial charge >= 0.3 is 0 Å². The lowest BCUT2D eigenvalue weighted by Gasteiger charge is -2.28. The van der Waals surface area contributed by atoms with Gasteiger partial charge in [0, 0.05) is 27.5 Å². The fraction of sp³-hybridized carbons (Fsp3) is 0.471. The number of fused-ring (bicyclic) bond motifs is 5. The van der Waals surface area contributed by atoms with Gasteiger partial charge in [0.15, 0.2) is 0 Å². The van der Waals surface area contributed by atoms with E-state index in [2.05, 4.69) is 37.2 Å². The summed E-state index contributed by atoms with van der Waals surface area (Å²) in [7, 11) is 0. The first-order chi connectivity index (χ1) is 12.8. The Hall–Kier alpha value is -1.81. The van der Waals surface area contributed by atoms with E-state index in [0.29, 0.717) is 0 Å². The van der Waals surface area contributed by atoms with E-state index in [1.54, 1.807) is 0 Å². The van der Waals surface area contributed by atoms with Gasteiger partial charge in [-0.05, 0) is 24.3 Å². The molecule has 3 aliphatic rings. The van der Waals surface area contributed by atoms with Gasteiger partial charge < -0.3 is 5.32 Å². The maximum atomic E-state index is 12.8. The number of nitro benzene ring substituents is 1. The van der Waals surface area contributed by atoms with Crippen LogP contribution in [0.5, 0.6) is 0 Å². The van der Waals surface area contributed by atoms with E-state index in [1.165, 1.54) is 24.3 Å². The number of amides is 3. The second kappa shape index (κ2) is 6.66. The second-order valence-corrected chi connectivity index (χ2v) is 9.24. The van der Waals surface area contributed by atoms with Gasteiger partial charge in [-0.2, -0.15) is 0 Å². The molecular formula is C17H15Br2N3O5. The van der Waals surface area contributed by atoms with Crippen molar-refractivity contribution in [2.45, 2.75) is 16.1 Å². The SMILES string of the molecule is O=C(CN1C(=O)[C@@H]2[C@H]3C[C@@H]([C@H](Br)[C@H]3Br)[C@@H]2C1=O)Nc1cccc([N+](=O)[O-])c1. The number of nitrogens with one attached hydrogen (secondary N) is 1. The monoisotopic (exact) mass is 499 g/mol. The largest absolute Gasteiger partial charge is 0.324 e. The van der Waals surface area contributed by atoms with Gasteiger partial charge in [-0.15, -0.1) is 0 Å². The quantitative estimate of drug-likeness (QED) is 0.295. The van der Waals surface area contributed by atoms with Crippen LogP contribution in [0.4, 0.5) is 11.4 Å². The normalized spacial score (nSPS) is 34.1. The van der Waals surface area contributed by atoms with E-state index < -0.39 is 10.8 Å². The second-order valence-electron chi connectivity index (χ2n) is 7.12. The number of likely N-dealkylation sites (tertiary alicyclic amines) is 1. The van der Waals surface area contributed by atoms with Crippen LogP contribution in [-0.4, -0.2) is 43.7 Å². The maximum Gasteiger partial charge on any atom is 0.271 e. The van der Waals surface area contributed by atoms with Gasteiger partial charge in [-0.3, -0.25) is 29.4 Å². The zero-order valence-corrected chi connectivity index (χ0v) is 17.1. The number of non-ortho nitro benzene ring substituents is 1. The Labute approximate surface area is 171 Å². The minimum absolute atomic E-state index is 0.0886. The van der Waals surface area contributed by atoms with Gasteiger partial charge in [-0.25, -0.2) is 0 Å². The number of anilines is 1. The van der Waals surface area contributed by atoms with E-state index in [4.69, 9.17) is 0 Å². The van der Waals surface area contributed by atoms with Gasteiger partial charge in [0.25, 0.3) is 5.69 Å². The number of alkyl halides is 2. The van der Waals surface area contributed by atoms with Crippen molar-refractivity contribution >= 4 is 61.0 Å². The maximum absolute atomic E-state index is 12.8. The molecule has 0 aromatic heterocycles. The van der Waals surface area contributed by atoms with Crippen LogP contribution in [0, 0.1) is 33.8 Å². The highest BCUT2D eigenvalue weighted by molar-refractivity contribution is 9.12. The lowest BCUT2D eigenvalue weighted by molar-refractivity contribution is -0.384. The molecule has 6 atom stereocenters. The molecule has 10 heteroatoms. The Morgan fingerprint density at radius 1 is 1.19 bits per heavy atom. The van der Waals surface area contributed by atoms with Gasteiger partial charge in [0.1, 0.15) is 6.54 Å². The molecule has 0 unspecified atom stereocenters. The summed E-state index contributed by atoms with van der Waals surface area (Å²) < 4.78 is 0. The third-order valence-electron chi connectivity index (χ3n) is 5.72. The van der Waals surface area contributed by atoms with Crippen LogP contribution in [0.1, 0.15) is 6.42 Å². The van der Waals surface area contributed by atoms with Crippen molar-refractivity contribution < 1.29 is 19.3 Å². The molecule has 27 heavy (non-hydrogen) atoms. The van der Waals surface area contributed by atoms with Crippen molar-refractivity contribution in [1.82, 2.24) is 4.90 Å². The van der Waals surface area contributed by atoms with Crippen LogP contribution < -0.4 is 5.32 Å². The summed E-state index contributed by atoms with van der Waals surface area (Å²) in [5.74, 6) is -1.71. The molecule has 1 aromatic carbocycles. The molecule has 1 aromatic rings. The number of rotatable bonds is 4. The van der Waals surface area contributed by atoms with Crippen molar-refractivity contribution in [3.8, 4) is 0 Å². The predicted molar refractivity (Wildman–Crippen MR) is 102 cm³/mol. The zero-order valence-electron chi connectivity index (χ0n) is 13.9. The smallest absolute Gasteiger partial charge is 0.271 e. The molecule has 1 saturated heterocycles. The molecule has 1 heterocycles. The summed E-state index contributed by atoms with van der Waals surface area (Å²) in [4.78, 5) is 49.4. The lowest BCUT2D eigenvalue weighted by Crippen LogP contribution is -2.39. The number of benzene rings is 1. The molecule has 8 nitrogen and oxygen atoms in total. The fourth-order valence-corrected chi connectivity index (χ4v) is 6.48. The van der Waals surface area contributed by atoms with Crippen LogP contribution in [0.15, 0.2) is 24.3 Å². The highest BCUT2D eigenvalue weighted by Crippen LogP contribution is 2.60. The summed E-state index contributed by atoms with van der Waals surface area (Å²) in [5, 5.41) is 13.3. The molecule has 0 spiro atoms. The van der Waals surface area contributed by atoms with Crippen LogP contribution >= 0.6 is 31.9 Å². The van der Waals surface area contributed by atoms with Crippen molar-refractivity contribution in [2.75, 3.05) is 11.9 Å². The first-order valence-corrected chi connectivity index (χ1v) is 10.3. The zero-order chi connectivity index (χ0) is 19.5. The van der Waals surface area contributed by atoms with E-state index in [-0.39, 0.29) is 63.1 Å². The summed E-state index contributed by atoms with van der Waals surface area (Å²) in [6.07, 6.45) is 0.826. The lowest BCUT2D eigenvalue weighted by atomic mass is 9.81. The Morgan fingerprint density at radius 2 is 1.78 bits per heavy atom. The van der Waals surface area contributed by atoms with E-state index in [0.717, 1.165) is 11.3 Å². The Balaban J connectivity index is 1.47. The molecule has 142 valence electrons. The minimum atomic E-state index is -0.562. The standard InChI is InChI=1S/C17H15Br2N3O5/c18-14-9-5-10(15(14)19)13-12(9)16(24)21(17(13)25)6-11(23)20-7-2-1-3-8(4-7)22(26)27/h1-4,9-10,12-15H,5-6H2,(H,20,23)/t9-,10-,12-,13+,14+,15+/m1/s1. The molecule has 1 aliphatic heterocycles. The van der Waals surface area contributed by atoms with Crippen LogP contribution in [0.25, 0.3) is 0 Å². The van der Waals surface area contributed by atoms with Crippen molar-refractivity contribution in [3.05, 3.63) is 34.4 Å². The number of imide groups is 1. The Morgan fingerprint density at radius 3 is 2.33 bits per heavy atom. The average Bonchev–Trinajstić information content (AvgIpc) is 3.22. The first kappa shape index (κ1) is 18.5. The number of nitro groups is 1. The first-order valence-electron chi connectivity index (χ1n) is 8.47. The van der Waals surface area contributed by atoms with Gasteiger partial charge in [0.05, 0.1) is 16.8 Å². The minimum Gasteiger partial charge on any atom is -0.324 e. The Kier molecular flexibility index (Phi) is 4.58. The molecule has 2 saturated carbocycles. The summed E-state index contributed by atoms with van der Waals surface area (Å²) >= 11 is 7.23. The van der Waals surface area contributed by atoms with E-state index >= 15 is 0 Å². The molecule has 1 N–H and O–H groups in total. The van der Waals surface area contributed by atoms with Crippen LogP contribution in [-0.2, 0) is 14.4 Å². The number of hydrogen-bond donors (Lipinski definition) is 1. The van der Waals surface area contributed by atoms with E-state index in [9.17, 15) is 24.5 Å². The molecule has 3 fully saturated rings. The molecule has 2 bridgehead atoms. The van der Waals surface area contributed by atoms with Crippen molar-refractivity contribution in [2.24, 2.45) is 23.7 Å². The van der Waals surface area contributed by atoms with Crippen molar-refractivity contribution in [3.63, 3.8) is 0 Å². The number of halogens is 2. The number of carbonyl (C=O) groups is 3. The van der Waals surface area contributed by atoms with Gasteiger partial charge in [-0.1, -0.05) is 37.9 Å². The highest BCUT2D eigenvalue weighted by atomic mass is 79.9. The molecular weight excluding hydrogens is 486 g/mol. The number of carbonyl (C=O) groups excluding carboxylic acids is 3. The van der Waals surface area contributed by atoms with Gasteiger partial charge in [0.2, 0.25) is 17.7 Å². The van der Waals surface area contributed by atoms with E-state index in [1.807, 2.05) is 0 Å². The van der Waals surface area contributed by atoms with Crippen LogP contribution in [0.2, 0.25) is 0 Å². The fourth-order valence-electron chi connectivity index (χ4n) is 4.61. The third-order valence-corrected chi connectivity index (χ3v) is 8.93. The molecule has 0 radical (unpaired) electrons. The van der Waals surface area contributed by atoms with Crippen molar-refractivity contribution in [1.29, 1.82) is 0 Å². The molecule has 3 amide bonds. The number of hydrogen-bond acceptors (Lipinski definition) is 5. The highest BCUT2D eigenvalue weighted by Gasteiger charge is 2.66. The number of nitrogens with zero attached hydrogens (tertiary/aromatic N) is 2. The topological polar surface area (TPSA) is 110 Å².